The van der Waals surface area contributed by atoms with Crippen LogP contribution in [-0.4, -0.2) is 30.7 Å². The Balaban J connectivity index is 1.69. The minimum atomic E-state index is -1.11. The second-order valence-electron chi connectivity index (χ2n) is 5.83. The predicted molar refractivity (Wildman–Crippen MR) is 90.9 cm³/mol. The van der Waals surface area contributed by atoms with Crippen LogP contribution in [0.4, 0.5) is 0 Å². The highest BCUT2D eigenvalue weighted by Gasteiger charge is 2.22. The summed E-state index contributed by atoms with van der Waals surface area (Å²) >= 11 is 0. The first-order valence-electron chi connectivity index (χ1n) is 7.97. The van der Waals surface area contributed by atoms with Gasteiger partial charge in [-0.05, 0) is 34.9 Å². The summed E-state index contributed by atoms with van der Waals surface area (Å²) < 4.78 is 10.5. The van der Waals surface area contributed by atoms with Crippen molar-refractivity contribution in [1.82, 2.24) is 5.32 Å². The molecule has 6 nitrogen and oxygen atoms in total. The van der Waals surface area contributed by atoms with Gasteiger partial charge in [0.1, 0.15) is 11.5 Å². The summed E-state index contributed by atoms with van der Waals surface area (Å²) in [4.78, 5) is 23.8. The van der Waals surface area contributed by atoms with Crippen molar-refractivity contribution in [3.8, 4) is 11.5 Å². The third-order valence-electron chi connectivity index (χ3n) is 4.12. The lowest BCUT2D eigenvalue weighted by Crippen LogP contribution is -2.34. The van der Waals surface area contributed by atoms with Crippen LogP contribution in [-0.2, 0) is 22.4 Å². The van der Waals surface area contributed by atoms with Crippen molar-refractivity contribution in [2.75, 3.05) is 13.7 Å². The van der Waals surface area contributed by atoms with Crippen molar-refractivity contribution in [1.29, 1.82) is 0 Å². The zero-order valence-corrected chi connectivity index (χ0v) is 13.8. The van der Waals surface area contributed by atoms with E-state index in [9.17, 15) is 14.7 Å². The zero-order valence-electron chi connectivity index (χ0n) is 13.8. The summed E-state index contributed by atoms with van der Waals surface area (Å²) in [5.41, 5.74) is 2.40. The Morgan fingerprint density at radius 1 is 1.24 bits per heavy atom. The van der Waals surface area contributed by atoms with Crippen molar-refractivity contribution in [2.45, 2.75) is 18.9 Å². The van der Waals surface area contributed by atoms with Gasteiger partial charge in [0.2, 0.25) is 5.91 Å². The maximum atomic E-state index is 12.3. The van der Waals surface area contributed by atoms with E-state index in [2.05, 4.69) is 5.32 Å². The molecule has 1 heterocycles. The molecule has 0 spiro atoms. The highest BCUT2D eigenvalue weighted by atomic mass is 16.5. The quantitative estimate of drug-likeness (QED) is 0.841. The molecule has 0 aliphatic carbocycles. The molecule has 1 amide bonds. The van der Waals surface area contributed by atoms with Crippen LogP contribution in [0.2, 0.25) is 0 Å². The number of carboxylic acid groups (broad SMARTS) is 1. The van der Waals surface area contributed by atoms with Gasteiger partial charge in [-0.15, -0.1) is 0 Å². The number of fused-ring (bicyclic) bond motifs is 1. The average molecular weight is 341 g/mol. The molecular weight excluding hydrogens is 322 g/mol. The van der Waals surface area contributed by atoms with Crippen molar-refractivity contribution < 1.29 is 24.2 Å². The molecule has 130 valence electrons. The lowest BCUT2D eigenvalue weighted by Gasteiger charge is -2.15. The molecule has 2 aromatic rings. The number of nitrogens with one attached hydrogen (secondary N) is 1. The monoisotopic (exact) mass is 341 g/mol. The molecule has 1 unspecified atom stereocenters. The molecule has 1 atom stereocenters. The lowest BCUT2D eigenvalue weighted by molar-refractivity contribution is -0.141. The molecule has 25 heavy (non-hydrogen) atoms. The van der Waals surface area contributed by atoms with Crippen LogP contribution in [0.5, 0.6) is 11.5 Å². The minimum Gasteiger partial charge on any atom is -0.497 e. The molecular formula is C19H19NO5. The third kappa shape index (κ3) is 3.91. The van der Waals surface area contributed by atoms with E-state index in [-0.39, 0.29) is 12.3 Å². The van der Waals surface area contributed by atoms with Crippen LogP contribution in [0.1, 0.15) is 22.7 Å². The second kappa shape index (κ2) is 7.25. The topological polar surface area (TPSA) is 84.9 Å². The van der Waals surface area contributed by atoms with Gasteiger partial charge in [0.15, 0.2) is 6.04 Å². The van der Waals surface area contributed by atoms with Crippen molar-refractivity contribution >= 4 is 11.9 Å². The Labute approximate surface area is 145 Å². The summed E-state index contributed by atoms with van der Waals surface area (Å²) in [5, 5.41) is 12.0. The zero-order chi connectivity index (χ0) is 17.8. The van der Waals surface area contributed by atoms with Gasteiger partial charge in [-0.2, -0.15) is 0 Å². The summed E-state index contributed by atoms with van der Waals surface area (Å²) in [5.74, 6) is 0.0216. The van der Waals surface area contributed by atoms with Gasteiger partial charge in [-0.25, -0.2) is 4.79 Å². The lowest BCUT2D eigenvalue weighted by atomic mass is 10.0. The fraction of sp³-hybridized carbons (Fsp3) is 0.263. The fourth-order valence-electron chi connectivity index (χ4n) is 2.83. The minimum absolute atomic E-state index is 0.118. The molecule has 0 saturated carbocycles. The summed E-state index contributed by atoms with van der Waals surface area (Å²) in [6, 6.07) is 11.1. The molecule has 0 fully saturated rings. The number of carbonyl (C=O) groups excluding carboxylic acids is 1. The van der Waals surface area contributed by atoms with Gasteiger partial charge >= 0.3 is 5.97 Å². The Morgan fingerprint density at radius 3 is 2.68 bits per heavy atom. The highest BCUT2D eigenvalue weighted by molar-refractivity contribution is 5.85. The maximum Gasteiger partial charge on any atom is 0.330 e. The normalized spacial score (nSPS) is 13.5. The van der Waals surface area contributed by atoms with Gasteiger partial charge < -0.3 is 19.9 Å². The number of benzene rings is 2. The molecule has 1 aliphatic heterocycles. The molecule has 0 aromatic heterocycles. The van der Waals surface area contributed by atoms with Crippen LogP contribution < -0.4 is 14.8 Å². The number of amides is 1. The van der Waals surface area contributed by atoms with Crippen LogP contribution in [0.3, 0.4) is 0 Å². The molecule has 3 rings (SSSR count). The van der Waals surface area contributed by atoms with E-state index in [1.54, 1.807) is 24.3 Å². The number of methoxy groups -OCH3 is 1. The largest absolute Gasteiger partial charge is 0.497 e. The van der Waals surface area contributed by atoms with Crippen molar-refractivity contribution in [3.05, 3.63) is 59.2 Å². The van der Waals surface area contributed by atoms with Crippen LogP contribution in [0, 0.1) is 0 Å². The Morgan fingerprint density at radius 2 is 2.00 bits per heavy atom. The molecule has 0 bridgehead atoms. The first-order chi connectivity index (χ1) is 12.1. The van der Waals surface area contributed by atoms with E-state index >= 15 is 0 Å². The first-order valence-corrected chi connectivity index (χ1v) is 7.97. The Kier molecular flexibility index (Phi) is 4.88. The fourth-order valence-corrected chi connectivity index (χ4v) is 2.83. The number of hydrogen-bond acceptors (Lipinski definition) is 4. The molecule has 6 heteroatoms. The predicted octanol–water partition coefficient (Wildman–Crippen LogP) is 2.11. The van der Waals surface area contributed by atoms with Gasteiger partial charge in [-0.3, -0.25) is 4.79 Å². The SMILES string of the molecule is COc1ccc(C(NC(=O)Cc2ccc3c(c2)CCO3)C(=O)O)cc1. The smallest absolute Gasteiger partial charge is 0.330 e. The highest BCUT2D eigenvalue weighted by Crippen LogP contribution is 2.26. The number of hydrogen-bond donors (Lipinski definition) is 2. The summed E-state index contributed by atoms with van der Waals surface area (Å²) in [7, 11) is 1.53. The standard InChI is InChI=1S/C19H19NO5/c1-24-15-5-3-13(4-6-15)18(19(22)23)20-17(21)11-12-2-7-16-14(10-12)8-9-25-16/h2-7,10,18H,8-9,11H2,1H3,(H,20,21)(H,22,23). The molecule has 0 radical (unpaired) electrons. The van der Waals surface area contributed by atoms with Crippen LogP contribution >= 0.6 is 0 Å². The van der Waals surface area contributed by atoms with Crippen molar-refractivity contribution in [2.24, 2.45) is 0 Å². The van der Waals surface area contributed by atoms with E-state index < -0.39 is 12.0 Å². The van der Waals surface area contributed by atoms with E-state index in [1.807, 2.05) is 18.2 Å². The van der Waals surface area contributed by atoms with Gasteiger partial charge in [0.25, 0.3) is 0 Å². The summed E-state index contributed by atoms with van der Waals surface area (Å²) in [6.45, 7) is 0.656. The third-order valence-corrected chi connectivity index (χ3v) is 4.12. The summed E-state index contributed by atoms with van der Waals surface area (Å²) in [6.07, 6.45) is 0.946. The van der Waals surface area contributed by atoms with Crippen LogP contribution in [0.25, 0.3) is 0 Å². The van der Waals surface area contributed by atoms with Gasteiger partial charge in [0, 0.05) is 6.42 Å². The molecule has 2 N–H and O–H groups in total. The number of aliphatic carboxylic acids is 1. The Bertz CT molecular complexity index is 785. The first kappa shape index (κ1) is 16.8. The molecule has 1 aliphatic rings. The second-order valence-corrected chi connectivity index (χ2v) is 5.83. The van der Waals surface area contributed by atoms with Crippen LogP contribution in [0.15, 0.2) is 42.5 Å². The van der Waals surface area contributed by atoms with E-state index in [1.165, 1.54) is 7.11 Å². The molecule has 2 aromatic carbocycles. The van der Waals surface area contributed by atoms with E-state index in [0.717, 1.165) is 23.3 Å². The van der Waals surface area contributed by atoms with Crippen molar-refractivity contribution in [3.63, 3.8) is 0 Å². The van der Waals surface area contributed by atoms with E-state index in [4.69, 9.17) is 9.47 Å². The molecule has 0 saturated heterocycles. The number of ether oxygens (including phenoxy) is 2. The van der Waals surface area contributed by atoms with E-state index in [0.29, 0.717) is 17.9 Å². The number of carboxylic acids is 1. The van der Waals surface area contributed by atoms with Gasteiger partial charge in [-0.1, -0.05) is 24.3 Å². The number of carbonyl (C=O) groups is 2. The average Bonchev–Trinajstić information content (AvgIpc) is 3.07. The van der Waals surface area contributed by atoms with Gasteiger partial charge in [0.05, 0.1) is 20.1 Å². The Hall–Kier alpha value is -3.02. The maximum absolute atomic E-state index is 12.3. The number of rotatable bonds is 6.